The number of aromatic nitrogens is 2. The molecule has 0 saturated heterocycles. The Labute approximate surface area is 162 Å². The SMILES string of the molecule is COc1ccc(-c2cc3nccc(Oc4ccc([N+](=O)[O-])cc4F)c3s2)nc1. The number of hydrogen-bond acceptors (Lipinski definition) is 7. The predicted octanol–water partition coefficient (Wildman–Crippen LogP) is 5.21. The van der Waals surface area contributed by atoms with E-state index in [-0.39, 0.29) is 11.4 Å². The number of hydrogen-bond donors (Lipinski definition) is 0. The van der Waals surface area contributed by atoms with Crippen molar-refractivity contribution in [2.24, 2.45) is 0 Å². The molecule has 4 rings (SSSR count). The molecule has 3 heterocycles. The van der Waals surface area contributed by atoms with Gasteiger partial charge in [-0.05, 0) is 24.3 Å². The van der Waals surface area contributed by atoms with Gasteiger partial charge in [0.25, 0.3) is 5.69 Å². The number of thiophene rings is 1. The number of fused-ring (bicyclic) bond motifs is 1. The molecule has 1 aromatic carbocycles. The van der Waals surface area contributed by atoms with Gasteiger partial charge in [0, 0.05) is 18.3 Å². The fourth-order valence-electron chi connectivity index (χ4n) is 2.57. The summed E-state index contributed by atoms with van der Waals surface area (Å²) in [7, 11) is 1.57. The van der Waals surface area contributed by atoms with Gasteiger partial charge >= 0.3 is 0 Å². The lowest BCUT2D eigenvalue weighted by Crippen LogP contribution is -1.92. The molecule has 7 nitrogen and oxygen atoms in total. The zero-order valence-corrected chi connectivity index (χ0v) is 15.3. The van der Waals surface area contributed by atoms with Crippen molar-refractivity contribution in [3.8, 4) is 27.8 Å². The van der Waals surface area contributed by atoms with Crippen LogP contribution < -0.4 is 9.47 Å². The number of non-ortho nitro benzene ring substituents is 1. The number of ether oxygens (including phenoxy) is 2. The Hall–Kier alpha value is -3.59. The van der Waals surface area contributed by atoms with Gasteiger partial charge in [0.2, 0.25) is 0 Å². The quantitative estimate of drug-likeness (QED) is 0.339. The lowest BCUT2D eigenvalue weighted by atomic mass is 10.2. The number of methoxy groups -OCH3 is 1. The highest BCUT2D eigenvalue weighted by Crippen LogP contribution is 2.39. The molecule has 0 aliphatic rings. The van der Waals surface area contributed by atoms with Gasteiger partial charge in [0.15, 0.2) is 11.6 Å². The number of nitro benzene ring substituents is 1. The summed E-state index contributed by atoms with van der Waals surface area (Å²) in [6.07, 6.45) is 3.18. The molecule has 0 bridgehead atoms. The Morgan fingerprint density at radius 2 is 1.96 bits per heavy atom. The van der Waals surface area contributed by atoms with Gasteiger partial charge in [0.1, 0.15) is 11.5 Å². The number of nitro groups is 1. The van der Waals surface area contributed by atoms with Gasteiger partial charge in [-0.3, -0.25) is 20.1 Å². The maximum Gasteiger partial charge on any atom is 0.272 e. The van der Waals surface area contributed by atoms with Gasteiger partial charge in [-0.15, -0.1) is 11.3 Å². The molecule has 0 aliphatic carbocycles. The van der Waals surface area contributed by atoms with Crippen molar-refractivity contribution >= 4 is 27.2 Å². The number of halogens is 1. The Bertz CT molecular complexity index is 1180. The minimum atomic E-state index is -0.812. The van der Waals surface area contributed by atoms with Crippen LogP contribution in [0.2, 0.25) is 0 Å². The van der Waals surface area contributed by atoms with E-state index < -0.39 is 10.7 Å². The molecule has 3 aromatic heterocycles. The highest BCUT2D eigenvalue weighted by molar-refractivity contribution is 7.22. The fourth-order valence-corrected chi connectivity index (χ4v) is 3.62. The first-order valence-corrected chi connectivity index (χ1v) is 8.87. The van der Waals surface area contributed by atoms with Crippen LogP contribution >= 0.6 is 11.3 Å². The number of nitrogens with zero attached hydrogens (tertiary/aromatic N) is 3. The van der Waals surface area contributed by atoms with E-state index in [1.165, 1.54) is 23.5 Å². The third-order valence-corrected chi connectivity index (χ3v) is 5.11. The van der Waals surface area contributed by atoms with Crippen molar-refractivity contribution < 1.29 is 18.8 Å². The summed E-state index contributed by atoms with van der Waals surface area (Å²) in [4.78, 5) is 19.6. The van der Waals surface area contributed by atoms with Crippen molar-refractivity contribution in [2.75, 3.05) is 7.11 Å². The summed E-state index contributed by atoms with van der Waals surface area (Å²) in [6, 6.07) is 10.4. The standard InChI is InChI=1S/C19H12FN3O4S/c1-26-12-3-4-14(22-10-12)18-9-15-19(28-18)17(6-7-21-15)27-16-5-2-11(23(24)25)8-13(16)20/h2-10H,1H3. The summed E-state index contributed by atoms with van der Waals surface area (Å²) in [5.74, 6) is 0.145. The number of pyridine rings is 2. The molecule has 0 spiro atoms. The van der Waals surface area contributed by atoms with Crippen LogP contribution in [0, 0.1) is 15.9 Å². The van der Waals surface area contributed by atoms with Crippen LogP contribution in [0.25, 0.3) is 20.8 Å². The molecule has 0 saturated carbocycles. The van der Waals surface area contributed by atoms with Crippen LogP contribution in [-0.4, -0.2) is 22.0 Å². The van der Waals surface area contributed by atoms with Gasteiger partial charge in [0.05, 0.1) is 45.1 Å². The molecule has 0 atom stereocenters. The van der Waals surface area contributed by atoms with Gasteiger partial charge in [-0.25, -0.2) is 4.39 Å². The Kier molecular flexibility index (Phi) is 4.58. The summed E-state index contributed by atoms with van der Waals surface area (Å²) >= 11 is 1.40. The van der Waals surface area contributed by atoms with Crippen LogP contribution in [0.4, 0.5) is 10.1 Å². The maximum absolute atomic E-state index is 14.2. The van der Waals surface area contributed by atoms with E-state index in [9.17, 15) is 14.5 Å². The number of benzene rings is 1. The minimum absolute atomic E-state index is 0.101. The Balaban J connectivity index is 1.70. The van der Waals surface area contributed by atoms with E-state index in [0.717, 1.165) is 16.6 Å². The van der Waals surface area contributed by atoms with Crippen molar-refractivity contribution in [2.45, 2.75) is 0 Å². The van der Waals surface area contributed by atoms with Crippen molar-refractivity contribution in [1.82, 2.24) is 9.97 Å². The molecule has 0 amide bonds. The zero-order chi connectivity index (χ0) is 19.7. The molecule has 4 aromatic rings. The highest BCUT2D eigenvalue weighted by atomic mass is 32.1. The molecule has 0 N–H and O–H groups in total. The molecule has 0 aliphatic heterocycles. The lowest BCUT2D eigenvalue weighted by molar-refractivity contribution is -0.385. The van der Waals surface area contributed by atoms with Crippen molar-refractivity contribution in [1.29, 1.82) is 0 Å². The minimum Gasteiger partial charge on any atom is -0.495 e. The largest absolute Gasteiger partial charge is 0.495 e. The zero-order valence-electron chi connectivity index (χ0n) is 14.5. The van der Waals surface area contributed by atoms with E-state index in [0.29, 0.717) is 21.7 Å². The van der Waals surface area contributed by atoms with E-state index in [2.05, 4.69) is 9.97 Å². The summed E-state index contributed by atoms with van der Waals surface area (Å²) in [6.45, 7) is 0. The third-order valence-electron chi connectivity index (χ3n) is 3.95. The molecule has 28 heavy (non-hydrogen) atoms. The van der Waals surface area contributed by atoms with E-state index >= 15 is 0 Å². The van der Waals surface area contributed by atoms with Crippen LogP contribution in [0.1, 0.15) is 0 Å². The third kappa shape index (κ3) is 3.35. The van der Waals surface area contributed by atoms with Gasteiger partial charge in [-0.1, -0.05) is 0 Å². The first-order chi connectivity index (χ1) is 13.5. The average Bonchev–Trinajstić information content (AvgIpc) is 3.14. The first-order valence-electron chi connectivity index (χ1n) is 8.06. The summed E-state index contributed by atoms with van der Waals surface area (Å²) < 4.78 is 25.7. The van der Waals surface area contributed by atoms with Crippen LogP contribution in [0.3, 0.4) is 0 Å². The second-order valence-corrected chi connectivity index (χ2v) is 6.74. The molecule has 0 fully saturated rings. The smallest absolute Gasteiger partial charge is 0.272 e. The molecule has 0 radical (unpaired) electrons. The molecule has 140 valence electrons. The van der Waals surface area contributed by atoms with Crippen LogP contribution in [-0.2, 0) is 0 Å². The molecular weight excluding hydrogens is 385 g/mol. The fraction of sp³-hybridized carbons (Fsp3) is 0.0526. The van der Waals surface area contributed by atoms with Gasteiger partial charge in [-0.2, -0.15) is 0 Å². The predicted molar refractivity (Wildman–Crippen MR) is 103 cm³/mol. The Morgan fingerprint density at radius 1 is 1.11 bits per heavy atom. The maximum atomic E-state index is 14.2. The second kappa shape index (κ2) is 7.20. The van der Waals surface area contributed by atoms with E-state index in [1.807, 2.05) is 18.2 Å². The Morgan fingerprint density at radius 3 is 2.64 bits per heavy atom. The summed E-state index contributed by atoms with van der Waals surface area (Å²) in [5, 5.41) is 10.8. The molecule has 9 heteroatoms. The normalized spacial score (nSPS) is 10.8. The van der Waals surface area contributed by atoms with E-state index in [1.54, 1.807) is 25.6 Å². The van der Waals surface area contributed by atoms with Crippen molar-refractivity contribution in [3.63, 3.8) is 0 Å². The van der Waals surface area contributed by atoms with Crippen LogP contribution in [0.5, 0.6) is 17.2 Å². The molecular formula is C19H12FN3O4S. The topological polar surface area (TPSA) is 87.4 Å². The monoisotopic (exact) mass is 397 g/mol. The average molecular weight is 397 g/mol. The van der Waals surface area contributed by atoms with Crippen LogP contribution in [0.15, 0.2) is 54.9 Å². The molecule has 0 unspecified atom stereocenters. The summed E-state index contributed by atoms with van der Waals surface area (Å²) in [5.41, 5.74) is 1.09. The lowest BCUT2D eigenvalue weighted by Gasteiger charge is -2.07. The second-order valence-electron chi connectivity index (χ2n) is 5.69. The highest BCUT2D eigenvalue weighted by Gasteiger charge is 2.15. The first kappa shape index (κ1) is 17.8. The number of rotatable bonds is 5. The van der Waals surface area contributed by atoms with Crippen molar-refractivity contribution in [3.05, 3.63) is 70.8 Å². The van der Waals surface area contributed by atoms with Gasteiger partial charge < -0.3 is 9.47 Å². The van der Waals surface area contributed by atoms with E-state index in [4.69, 9.17) is 9.47 Å².